The molecule has 3 heterocycles. The van der Waals surface area contributed by atoms with E-state index in [9.17, 15) is 19.7 Å². The Balaban J connectivity index is 0.00000363. The molecule has 5 atom stereocenters. The van der Waals surface area contributed by atoms with E-state index in [1.54, 1.807) is 0 Å². The van der Waals surface area contributed by atoms with E-state index in [4.69, 9.17) is 20.6 Å². The third-order valence-corrected chi connectivity index (χ3v) is 4.98. The molecular weight excluding hydrogens is 454 g/mol. The van der Waals surface area contributed by atoms with Crippen molar-refractivity contribution in [2.45, 2.75) is 50.2 Å². The van der Waals surface area contributed by atoms with Crippen molar-refractivity contribution in [3.63, 3.8) is 0 Å². The summed E-state index contributed by atoms with van der Waals surface area (Å²) in [7, 11) is -5.03. The van der Waals surface area contributed by atoms with Crippen molar-refractivity contribution in [1.82, 2.24) is 19.5 Å². The molecule has 0 bridgehead atoms. The fourth-order valence-electron chi connectivity index (χ4n) is 3.00. The summed E-state index contributed by atoms with van der Waals surface area (Å²) in [5.41, 5.74) is 6.34. The number of unbranched alkanes of at least 4 members (excludes halogenated alkanes) is 3. The molecule has 3 rings (SSSR count). The first-order chi connectivity index (χ1) is 14.7. The van der Waals surface area contributed by atoms with E-state index < -0.39 is 39.0 Å². The van der Waals surface area contributed by atoms with Crippen LogP contribution >= 0.6 is 7.82 Å². The van der Waals surface area contributed by atoms with Crippen LogP contribution in [0, 0.1) is 23.2 Å². The van der Waals surface area contributed by atoms with Gasteiger partial charge in [0.15, 0.2) is 17.7 Å². The number of hydrogen-bond donors (Lipinski definition) is 4. The van der Waals surface area contributed by atoms with Gasteiger partial charge in [-0.2, -0.15) is 5.26 Å². The second kappa shape index (κ2) is 11.5. The van der Waals surface area contributed by atoms with Gasteiger partial charge in [0.05, 0.1) is 19.0 Å². The van der Waals surface area contributed by atoms with Crippen molar-refractivity contribution in [2.75, 3.05) is 12.3 Å². The minimum atomic E-state index is -5.03. The SMILES string of the molecule is N#CCCCCC#Cc1nc(N)c2ncn([C@@H]3O[C@H](COP(=O)([O-])O)[C@@H](O)[C@H]3O)c2n1.[Na+]. The molecule has 0 saturated carbocycles. The second-order valence-corrected chi connectivity index (χ2v) is 7.93. The van der Waals surface area contributed by atoms with Gasteiger partial charge in [-0.25, -0.2) is 15.0 Å². The Hall–Kier alpha value is -1.61. The monoisotopic (exact) mass is 474 g/mol. The Kier molecular flexibility index (Phi) is 9.57. The number of fused-ring (bicyclic) bond motifs is 1. The average molecular weight is 474 g/mol. The smallest absolute Gasteiger partial charge is 0.756 e. The number of aromatic nitrogens is 4. The van der Waals surface area contributed by atoms with Gasteiger partial charge in [0, 0.05) is 12.8 Å². The molecule has 1 fully saturated rings. The molecule has 0 amide bonds. The van der Waals surface area contributed by atoms with Gasteiger partial charge in [-0.1, -0.05) is 5.92 Å². The number of phosphoric acid groups is 1. The molecule has 0 aliphatic carbocycles. The van der Waals surface area contributed by atoms with Crippen LogP contribution in [0.2, 0.25) is 0 Å². The zero-order valence-electron chi connectivity index (χ0n) is 17.2. The van der Waals surface area contributed by atoms with Crippen molar-refractivity contribution < 1.29 is 63.4 Å². The van der Waals surface area contributed by atoms with Gasteiger partial charge in [-0.05, 0) is 18.8 Å². The molecule has 1 unspecified atom stereocenters. The minimum Gasteiger partial charge on any atom is -0.756 e. The van der Waals surface area contributed by atoms with Crippen LogP contribution in [-0.4, -0.2) is 59.5 Å². The van der Waals surface area contributed by atoms with E-state index in [1.807, 2.05) is 0 Å². The fourth-order valence-corrected chi connectivity index (χ4v) is 3.34. The fraction of sp³-hybridized carbons (Fsp3) is 0.529. The number of aliphatic hydroxyl groups excluding tert-OH is 2. The summed E-state index contributed by atoms with van der Waals surface area (Å²) in [5.74, 6) is 5.86. The molecule has 1 saturated heterocycles. The summed E-state index contributed by atoms with van der Waals surface area (Å²) >= 11 is 0. The Labute approximate surface area is 205 Å². The number of nitrogens with two attached hydrogens (primary N) is 1. The maximum absolute atomic E-state index is 10.8. The third kappa shape index (κ3) is 6.47. The number of nitrogens with zero attached hydrogens (tertiary/aromatic N) is 5. The van der Waals surface area contributed by atoms with E-state index in [1.165, 1.54) is 10.9 Å². The number of ether oxygens (including phenoxy) is 1. The molecular formula is C17H20N6NaO7P. The van der Waals surface area contributed by atoms with Crippen molar-refractivity contribution in [1.29, 1.82) is 5.26 Å². The number of imidazole rings is 1. The largest absolute Gasteiger partial charge is 1.00 e. The zero-order chi connectivity index (χ0) is 22.6. The first kappa shape index (κ1) is 26.6. The number of hydrogen-bond acceptors (Lipinski definition) is 11. The molecule has 32 heavy (non-hydrogen) atoms. The van der Waals surface area contributed by atoms with Crippen LogP contribution in [0.4, 0.5) is 5.82 Å². The molecule has 1 aliphatic rings. The van der Waals surface area contributed by atoms with Crippen LogP contribution in [0.3, 0.4) is 0 Å². The van der Waals surface area contributed by atoms with Crippen molar-refractivity contribution in [2.24, 2.45) is 0 Å². The van der Waals surface area contributed by atoms with E-state index in [0.29, 0.717) is 12.8 Å². The maximum atomic E-state index is 10.8. The molecule has 0 radical (unpaired) electrons. The van der Waals surface area contributed by atoms with Crippen LogP contribution in [0.5, 0.6) is 0 Å². The van der Waals surface area contributed by atoms with Crippen LogP contribution < -0.4 is 40.2 Å². The minimum absolute atomic E-state index is 0. The number of nitriles is 1. The first-order valence-corrected chi connectivity index (χ1v) is 10.8. The third-order valence-electron chi connectivity index (χ3n) is 4.50. The molecule has 5 N–H and O–H groups in total. The Morgan fingerprint density at radius 1 is 1.31 bits per heavy atom. The predicted molar refractivity (Wildman–Crippen MR) is 102 cm³/mol. The first-order valence-electron chi connectivity index (χ1n) is 9.27. The summed E-state index contributed by atoms with van der Waals surface area (Å²) < 4.78 is 21.9. The van der Waals surface area contributed by atoms with E-state index in [-0.39, 0.29) is 52.4 Å². The topological polar surface area (TPSA) is 213 Å². The quantitative estimate of drug-likeness (QED) is 0.131. The summed E-state index contributed by atoms with van der Waals surface area (Å²) in [5, 5.41) is 29.0. The van der Waals surface area contributed by atoms with Gasteiger partial charge in [-0.15, -0.1) is 0 Å². The summed E-state index contributed by atoms with van der Waals surface area (Å²) in [4.78, 5) is 32.0. The second-order valence-electron chi connectivity index (χ2n) is 6.73. The van der Waals surface area contributed by atoms with Crippen molar-refractivity contribution in [3.8, 4) is 17.9 Å². The Morgan fingerprint density at radius 3 is 2.72 bits per heavy atom. The standard InChI is InChI=1S/C17H21N6O7P.Na/c18-7-5-3-1-2-4-6-11-21-15(19)12-16(22-11)23(9-20-12)17-14(25)13(24)10(30-17)8-29-31(26,27)28;/h9-10,13-14,17,24-25H,1-3,5,8H2,(H2,19,21,22)(H2,26,27,28);/q;+1/p-1/t10-,13-,14-,17-;/m1./s1. The van der Waals surface area contributed by atoms with Gasteiger partial charge in [0.25, 0.3) is 7.82 Å². The molecule has 0 spiro atoms. The maximum Gasteiger partial charge on any atom is 1.00 e. The normalized spacial score (nSPS) is 24.2. The molecule has 2 aromatic rings. The van der Waals surface area contributed by atoms with Gasteiger partial charge in [0.2, 0.25) is 5.82 Å². The molecule has 13 nitrogen and oxygen atoms in total. The van der Waals surface area contributed by atoms with Crippen LogP contribution in [0.25, 0.3) is 11.2 Å². The Bertz CT molecular complexity index is 1090. The van der Waals surface area contributed by atoms with Crippen molar-refractivity contribution in [3.05, 3.63) is 12.2 Å². The van der Waals surface area contributed by atoms with E-state index in [2.05, 4.69) is 37.4 Å². The number of phosphoric ester groups is 1. The van der Waals surface area contributed by atoms with Crippen molar-refractivity contribution >= 4 is 24.8 Å². The Morgan fingerprint density at radius 2 is 2.03 bits per heavy atom. The van der Waals surface area contributed by atoms with E-state index in [0.717, 1.165) is 12.8 Å². The van der Waals surface area contributed by atoms with Gasteiger partial charge >= 0.3 is 29.6 Å². The zero-order valence-corrected chi connectivity index (χ0v) is 20.1. The summed E-state index contributed by atoms with van der Waals surface area (Å²) in [6, 6.07) is 2.06. The summed E-state index contributed by atoms with van der Waals surface area (Å²) in [6.45, 7) is -0.696. The predicted octanol–water partition coefficient (Wildman–Crippen LogP) is -4.06. The van der Waals surface area contributed by atoms with Gasteiger partial charge in [-0.3, -0.25) is 9.13 Å². The van der Waals surface area contributed by atoms with Crippen LogP contribution in [0.1, 0.15) is 37.7 Å². The number of nitrogen functional groups attached to an aromatic ring is 1. The van der Waals surface area contributed by atoms with Crippen LogP contribution in [-0.2, 0) is 13.8 Å². The van der Waals surface area contributed by atoms with E-state index >= 15 is 0 Å². The molecule has 15 heteroatoms. The van der Waals surface area contributed by atoms with Gasteiger partial charge in [0.1, 0.15) is 23.8 Å². The van der Waals surface area contributed by atoms with Crippen LogP contribution in [0.15, 0.2) is 6.33 Å². The molecule has 166 valence electrons. The number of rotatable bonds is 7. The molecule has 2 aromatic heterocycles. The summed E-state index contributed by atoms with van der Waals surface area (Å²) in [6.07, 6.45) is -1.60. The molecule has 0 aromatic carbocycles. The average Bonchev–Trinajstić information content (AvgIpc) is 3.24. The number of anilines is 1. The van der Waals surface area contributed by atoms with Gasteiger partial charge < -0.3 is 35.0 Å². The number of aliphatic hydroxyl groups is 2. The molecule has 1 aliphatic heterocycles.